The Bertz CT molecular complexity index is 728. The fourth-order valence-corrected chi connectivity index (χ4v) is 4.49. The molecule has 1 aromatic carbocycles. The van der Waals surface area contributed by atoms with Gasteiger partial charge in [-0.05, 0) is 30.4 Å². The summed E-state index contributed by atoms with van der Waals surface area (Å²) in [7, 11) is 0. The molecule has 1 unspecified atom stereocenters. The number of aromatic nitrogens is 1. The van der Waals surface area contributed by atoms with Crippen LogP contribution in [0.1, 0.15) is 37.4 Å². The molecule has 0 saturated carbocycles. The van der Waals surface area contributed by atoms with Gasteiger partial charge in [0.2, 0.25) is 0 Å². The van der Waals surface area contributed by atoms with Gasteiger partial charge in [0.15, 0.2) is 5.71 Å². The Morgan fingerprint density at radius 1 is 1.27 bits per heavy atom. The topological polar surface area (TPSA) is 39.0 Å². The molecule has 2 aliphatic rings. The van der Waals surface area contributed by atoms with Gasteiger partial charge in [0.1, 0.15) is 18.8 Å². The number of para-hydroxylation sites is 1. The first-order chi connectivity index (χ1) is 10.8. The number of fused-ring (bicyclic) bond motifs is 4. The molecule has 116 valence electrons. The first kappa shape index (κ1) is 14.0. The summed E-state index contributed by atoms with van der Waals surface area (Å²) >= 11 is 0. The molecule has 0 aliphatic carbocycles. The smallest absolute Gasteiger partial charge is 0.200 e. The highest BCUT2D eigenvalue weighted by Crippen LogP contribution is 2.34. The molecule has 2 aromatic rings. The highest BCUT2D eigenvalue weighted by Gasteiger charge is 2.38. The summed E-state index contributed by atoms with van der Waals surface area (Å²) in [4.78, 5) is 3.67. The minimum atomic E-state index is 0.313. The third kappa shape index (κ3) is 2.11. The quantitative estimate of drug-likeness (QED) is 0.840. The van der Waals surface area contributed by atoms with E-state index in [0.717, 1.165) is 38.3 Å². The summed E-state index contributed by atoms with van der Waals surface area (Å²) in [6, 6.07) is 8.66. The van der Waals surface area contributed by atoms with Crippen LogP contribution in [0.25, 0.3) is 10.9 Å². The molecule has 2 atom stereocenters. The molecule has 3 heteroatoms. The maximum absolute atomic E-state index is 9.41. The predicted octanol–water partition coefficient (Wildman–Crippen LogP) is 2.95. The predicted molar refractivity (Wildman–Crippen MR) is 89.7 cm³/mol. The van der Waals surface area contributed by atoms with E-state index in [4.69, 9.17) is 0 Å². The average molecular weight is 297 g/mol. The summed E-state index contributed by atoms with van der Waals surface area (Å²) in [6.07, 6.45) is 4.41. The molecule has 22 heavy (non-hydrogen) atoms. The monoisotopic (exact) mass is 297 g/mol. The van der Waals surface area contributed by atoms with E-state index in [-0.39, 0.29) is 0 Å². The van der Waals surface area contributed by atoms with Gasteiger partial charge in [-0.3, -0.25) is 0 Å². The van der Waals surface area contributed by atoms with Crippen molar-refractivity contribution >= 4 is 16.6 Å². The van der Waals surface area contributed by atoms with Crippen LogP contribution in [-0.4, -0.2) is 40.1 Å². The second-order valence-electron chi connectivity index (χ2n) is 6.81. The fourth-order valence-electron chi connectivity index (χ4n) is 4.49. The Balaban J connectivity index is 1.78. The van der Waals surface area contributed by atoms with E-state index < -0.39 is 0 Å². The molecular weight excluding hydrogens is 272 g/mol. The molecule has 0 bridgehead atoms. The zero-order chi connectivity index (χ0) is 15.1. The highest BCUT2D eigenvalue weighted by molar-refractivity contribution is 6.03. The van der Waals surface area contributed by atoms with Gasteiger partial charge in [-0.1, -0.05) is 25.1 Å². The lowest BCUT2D eigenvalue weighted by atomic mass is 9.79. The first-order valence-corrected chi connectivity index (χ1v) is 8.63. The Morgan fingerprint density at radius 3 is 2.95 bits per heavy atom. The van der Waals surface area contributed by atoms with Crippen molar-refractivity contribution < 1.29 is 9.68 Å². The van der Waals surface area contributed by atoms with Crippen LogP contribution in [-0.2, 0) is 6.42 Å². The summed E-state index contributed by atoms with van der Waals surface area (Å²) < 4.78 is 2.60. The number of hydrogen-bond donors (Lipinski definition) is 2. The Morgan fingerprint density at radius 2 is 2.14 bits per heavy atom. The lowest BCUT2D eigenvalue weighted by Gasteiger charge is -2.31. The Kier molecular flexibility index (Phi) is 3.53. The number of aliphatic hydroxyl groups excluding tert-OH is 1. The van der Waals surface area contributed by atoms with Crippen molar-refractivity contribution in [2.75, 3.05) is 19.7 Å². The van der Waals surface area contributed by atoms with E-state index in [0.29, 0.717) is 12.5 Å². The second-order valence-corrected chi connectivity index (χ2v) is 6.81. The van der Waals surface area contributed by atoms with Gasteiger partial charge in [-0.15, -0.1) is 0 Å². The molecule has 0 spiro atoms. The van der Waals surface area contributed by atoms with E-state index in [1.165, 1.54) is 34.3 Å². The summed E-state index contributed by atoms with van der Waals surface area (Å²) in [5.74, 6) is 1.35. The zero-order valence-corrected chi connectivity index (χ0v) is 13.3. The van der Waals surface area contributed by atoms with Crippen LogP contribution in [0.2, 0.25) is 0 Å². The third-order valence-corrected chi connectivity index (χ3v) is 5.72. The van der Waals surface area contributed by atoms with Gasteiger partial charge in [0.25, 0.3) is 0 Å². The lowest BCUT2D eigenvalue weighted by Crippen LogP contribution is -2.42. The molecule has 3 nitrogen and oxygen atoms in total. The molecule has 0 amide bonds. The standard InChI is InChI=1S/C19H24N2O/c1-2-13-12-21-9-7-16-15-5-3-4-6-17(15)20-19(16)18(21)11-14(13)8-10-22/h3-6,13-14,22H,2,7-12H2,1H3/p+1/t13?,14-/m0/s1. The second kappa shape index (κ2) is 5.54. The van der Waals surface area contributed by atoms with Crippen LogP contribution in [0.4, 0.5) is 0 Å². The van der Waals surface area contributed by atoms with Gasteiger partial charge in [-0.25, -0.2) is 4.58 Å². The number of aromatic amines is 1. The zero-order valence-electron chi connectivity index (χ0n) is 13.3. The number of nitrogens with one attached hydrogen (secondary N) is 1. The van der Waals surface area contributed by atoms with Gasteiger partial charge >= 0.3 is 0 Å². The number of rotatable bonds is 3. The molecule has 3 heterocycles. The average Bonchev–Trinajstić information content (AvgIpc) is 2.93. The van der Waals surface area contributed by atoms with Crippen molar-refractivity contribution in [3.63, 3.8) is 0 Å². The number of hydrogen-bond acceptors (Lipinski definition) is 1. The molecule has 0 saturated heterocycles. The molecule has 1 aromatic heterocycles. The highest BCUT2D eigenvalue weighted by atomic mass is 16.3. The molecular formula is C19H25N2O+. The molecule has 2 aliphatic heterocycles. The van der Waals surface area contributed by atoms with Crippen molar-refractivity contribution in [3.8, 4) is 0 Å². The van der Waals surface area contributed by atoms with E-state index in [9.17, 15) is 5.11 Å². The normalized spacial score (nSPS) is 24.5. The fraction of sp³-hybridized carbons (Fsp3) is 0.526. The first-order valence-electron chi connectivity index (χ1n) is 8.63. The number of H-pyrrole nitrogens is 1. The van der Waals surface area contributed by atoms with Gasteiger partial charge in [-0.2, -0.15) is 0 Å². The molecule has 0 radical (unpaired) electrons. The van der Waals surface area contributed by atoms with Crippen molar-refractivity contribution in [1.29, 1.82) is 0 Å². The van der Waals surface area contributed by atoms with Gasteiger partial charge in [0.05, 0.1) is 0 Å². The number of benzene rings is 1. The molecule has 2 N–H and O–H groups in total. The minimum Gasteiger partial charge on any atom is -0.396 e. The van der Waals surface area contributed by atoms with Gasteiger partial charge < -0.3 is 10.1 Å². The number of nitrogens with zero attached hydrogens (tertiary/aromatic N) is 1. The molecule has 4 rings (SSSR count). The molecule has 0 fully saturated rings. The minimum absolute atomic E-state index is 0.313. The van der Waals surface area contributed by atoms with Crippen LogP contribution in [0, 0.1) is 11.8 Å². The SMILES string of the molecule is CCC1C[N+]2=C(C[C@@H]1CCO)c1[nH]c3ccccc3c1CC2. The van der Waals surface area contributed by atoms with E-state index in [1.807, 2.05) is 0 Å². The Hall–Kier alpha value is -1.61. The largest absolute Gasteiger partial charge is 0.396 e. The van der Waals surface area contributed by atoms with E-state index in [1.54, 1.807) is 0 Å². The summed E-state index contributed by atoms with van der Waals surface area (Å²) in [5, 5.41) is 10.8. The van der Waals surface area contributed by atoms with E-state index >= 15 is 0 Å². The lowest BCUT2D eigenvalue weighted by molar-refractivity contribution is -0.544. The van der Waals surface area contributed by atoms with E-state index in [2.05, 4.69) is 40.7 Å². The van der Waals surface area contributed by atoms with Crippen LogP contribution in [0.15, 0.2) is 24.3 Å². The third-order valence-electron chi connectivity index (χ3n) is 5.72. The van der Waals surface area contributed by atoms with Crippen molar-refractivity contribution in [2.24, 2.45) is 11.8 Å². The summed E-state index contributed by atoms with van der Waals surface area (Å²) in [6.45, 7) is 4.91. The summed E-state index contributed by atoms with van der Waals surface area (Å²) in [5.41, 5.74) is 5.61. The maximum Gasteiger partial charge on any atom is 0.200 e. The maximum atomic E-state index is 9.41. The van der Waals surface area contributed by atoms with Crippen LogP contribution >= 0.6 is 0 Å². The van der Waals surface area contributed by atoms with Crippen molar-refractivity contribution in [3.05, 3.63) is 35.5 Å². The van der Waals surface area contributed by atoms with Crippen LogP contribution in [0.3, 0.4) is 0 Å². The number of aliphatic hydroxyl groups is 1. The van der Waals surface area contributed by atoms with Crippen molar-refractivity contribution in [1.82, 2.24) is 4.98 Å². The Labute approximate surface area is 131 Å². The van der Waals surface area contributed by atoms with Crippen LogP contribution in [0.5, 0.6) is 0 Å². The van der Waals surface area contributed by atoms with Crippen LogP contribution < -0.4 is 0 Å². The van der Waals surface area contributed by atoms with Gasteiger partial charge in [0, 0.05) is 36.3 Å². The van der Waals surface area contributed by atoms with Crippen molar-refractivity contribution in [2.45, 2.75) is 32.6 Å².